The number of hydrogen-bond acceptors (Lipinski definition) is 6. The molecular weight excluding hydrogens is 470 g/mol. The zero-order chi connectivity index (χ0) is 24.3. The molecule has 0 saturated carbocycles. The molecule has 174 valence electrons. The molecule has 32 heavy (non-hydrogen) atoms. The minimum absolute atomic E-state index is 0.186. The van der Waals surface area contributed by atoms with Crippen LogP contribution in [0.15, 0.2) is 47.4 Å². The van der Waals surface area contributed by atoms with Gasteiger partial charge in [0.15, 0.2) is 0 Å². The molecule has 14 heteroatoms. The van der Waals surface area contributed by atoms with E-state index >= 15 is 0 Å². The molecule has 1 amide bonds. The number of thioether (sulfide) groups is 1. The average molecular weight is 484 g/mol. The largest absolute Gasteiger partial charge is 0.573 e. The Morgan fingerprint density at radius 3 is 2.38 bits per heavy atom. The van der Waals surface area contributed by atoms with Crippen LogP contribution in [0.1, 0.15) is 12.5 Å². The van der Waals surface area contributed by atoms with E-state index in [9.17, 15) is 46.4 Å². The van der Waals surface area contributed by atoms with Gasteiger partial charge < -0.3 is 15.2 Å². The van der Waals surface area contributed by atoms with Gasteiger partial charge in [-0.05, 0) is 31.2 Å². The van der Waals surface area contributed by atoms with Crippen LogP contribution in [0.3, 0.4) is 0 Å². The first kappa shape index (κ1) is 25.3. The first-order valence-corrected chi connectivity index (χ1v) is 9.45. The third-order valence-electron chi connectivity index (χ3n) is 3.82. The van der Waals surface area contributed by atoms with Crippen LogP contribution >= 0.6 is 11.8 Å². The second-order valence-electron chi connectivity index (χ2n) is 6.52. The van der Waals surface area contributed by atoms with E-state index in [-0.39, 0.29) is 11.0 Å². The number of carbonyl (C=O) groups excluding carboxylic acids is 1. The molecule has 1 unspecified atom stereocenters. The molecule has 0 aliphatic heterocycles. The number of nitrogens with zero attached hydrogens (tertiary/aromatic N) is 1. The lowest BCUT2D eigenvalue weighted by Crippen LogP contribution is -2.42. The number of carbonyl (C=O) groups is 1. The monoisotopic (exact) mass is 484 g/mol. The number of benzene rings is 2. The van der Waals surface area contributed by atoms with Crippen molar-refractivity contribution in [3.05, 3.63) is 58.1 Å². The summed E-state index contributed by atoms with van der Waals surface area (Å²) in [7, 11) is 0. The van der Waals surface area contributed by atoms with Crippen LogP contribution in [0, 0.1) is 10.1 Å². The lowest BCUT2D eigenvalue weighted by Gasteiger charge is -2.23. The van der Waals surface area contributed by atoms with E-state index in [1.54, 1.807) is 0 Å². The van der Waals surface area contributed by atoms with Gasteiger partial charge in [-0.1, -0.05) is 6.07 Å². The maximum Gasteiger partial charge on any atom is 0.573 e. The van der Waals surface area contributed by atoms with Crippen molar-refractivity contribution in [3.63, 3.8) is 0 Å². The van der Waals surface area contributed by atoms with Gasteiger partial charge in [-0.2, -0.15) is 13.2 Å². The standard InChI is InChI=1S/C18H14F6N2O5S/c1-16(28,9-32-12-4-2-3-11(8-12)31-18(22,23)24)15(27)25-14-6-5-10(26(29)30)7-13(14)17(19,20)21/h2-8,28H,9H2,1H3,(H,25,27). The van der Waals surface area contributed by atoms with E-state index in [1.807, 2.05) is 5.32 Å². The summed E-state index contributed by atoms with van der Waals surface area (Å²) in [6.07, 6.45) is -9.95. The van der Waals surface area contributed by atoms with Gasteiger partial charge >= 0.3 is 12.5 Å². The van der Waals surface area contributed by atoms with Crippen LogP contribution in [-0.4, -0.2) is 33.7 Å². The van der Waals surface area contributed by atoms with E-state index in [4.69, 9.17) is 0 Å². The molecule has 2 N–H and O–H groups in total. The Kier molecular flexibility index (Phi) is 7.29. The highest BCUT2D eigenvalue weighted by molar-refractivity contribution is 7.99. The van der Waals surface area contributed by atoms with Crippen molar-refractivity contribution in [2.45, 2.75) is 30.0 Å². The van der Waals surface area contributed by atoms with Gasteiger partial charge in [0.2, 0.25) is 0 Å². The second-order valence-corrected chi connectivity index (χ2v) is 7.57. The van der Waals surface area contributed by atoms with E-state index in [2.05, 4.69) is 4.74 Å². The molecule has 2 aromatic rings. The Labute approximate surface area is 180 Å². The number of nitro groups is 1. The number of amides is 1. The number of anilines is 1. The molecule has 0 aromatic heterocycles. The SMILES string of the molecule is CC(O)(CSc1cccc(OC(F)(F)F)c1)C(=O)Nc1ccc([N+](=O)[O-])cc1C(F)(F)F. The smallest absolute Gasteiger partial charge is 0.406 e. The van der Waals surface area contributed by atoms with Crippen molar-refractivity contribution in [2.24, 2.45) is 0 Å². The summed E-state index contributed by atoms with van der Waals surface area (Å²) < 4.78 is 80.4. The van der Waals surface area contributed by atoms with Crippen LogP contribution in [0.5, 0.6) is 5.75 Å². The Bertz CT molecular complexity index is 1010. The fourth-order valence-electron chi connectivity index (χ4n) is 2.30. The highest BCUT2D eigenvalue weighted by atomic mass is 32.2. The molecule has 2 aromatic carbocycles. The third-order valence-corrected chi connectivity index (χ3v) is 5.11. The van der Waals surface area contributed by atoms with E-state index in [0.717, 1.165) is 36.9 Å². The van der Waals surface area contributed by atoms with E-state index < -0.39 is 57.4 Å². The molecule has 0 bridgehead atoms. The molecule has 0 fully saturated rings. The van der Waals surface area contributed by atoms with E-state index in [1.165, 1.54) is 12.1 Å². The van der Waals surface area contributed by atoms with Gasteiger partial charge in [0.05, 0.1) is 16.2 Å². The van der Waals surface area contributed by atoms with Crippen LogP contribution in [0.4, 0.5) is 37.7 Å². The van der Waals surface area contributed by atoms with Crippen molar-refractivity contribution >= 4 is 29.0 Å². The maximum atomic E-state index is 13.2. The molecule has 1 atom stereocenters. The minimum Gasteiger partial charge on any atom is -0.406 e. The van der Waals surface area contributed by atoms with Gasteiger partial charge in [0, 0.05) is 22.8 Å². The number of ether oxygens (including phenoxy) is 1. The fraction of sp³-hybridized carbons (Fsp3) is 0.278. The summed E-state index contributed by atoms with van der Waals surface area (Å²) in [6.45, 7) is 0.990. The second kappa shape index (κ2) is 9.24. The van der Waals surface area contributed by atoms with Crippen molar-refractivity contribution in [3.8, 4) is 5.75 Å². The number of nitrogens with one attached hydrogen (secondary N) is 1. The topological polar surface area (TPSA) is 102 Å². The van der Waals surface area contributed by atoms with Gasteiger partial charge in [-0.25, -0.2) is 0 Å². The predicted octanol–water partition coefficient (Wildman–Crippen LogP) is 4.99. The van der Waals surface area contributed by atoms with Gasteiger partial charge in [0.1, 0.15) is 11.4 Å². The normalized spacial score (nSPS) is 13.9. The molecule has 0 heterocycles. The van der Waals surface area contributed by atoms with Crippen LogP contribution in [0.2, 0.25) is 0 Å². The number of rotatable bonds is 7. The quantitative estimate of drug-likeness (QED) is 0.248. The lowest BCUT2D eigenvalue weighted by molar-refractivity contribution is -0.385. The van der Waals surface area contributed by atoms with Crippen LogP contribution in [-0.2, 0) is 11.0 Å². The Morgan fingerprint density at radius 1 is 1.16 bits per heavy atom. The third kappa shape index (κ3) is 7.02. The maximum absolute atomic E-state index is 13.2. The van der Waals surface area contributed by atoms with Gasteiger partial charge in [-0.15, -0.1) is 24.9 Å². The Balaban J connectivity index is 2.15. The Hall–Kier alpha value is -3.00. The molecule has 0 aliphatic rings. The number of hydrogen-bond donors (Lipinski definition) is 2. The van der Waals surface area contributed by atoms with Crippen molar-refractivity contribution in [1.29, 1.82) is 0 Å². The van der Waals surface area contributed by atoms with Crippen LogP contribution in [0.25, 0.3) is 0 Å². The zero-order valence-corrected chi connectivity index (χ0v) is 16.8. The number of nitro benzene ring substituents is 1. The van der Waals surface area contributed by atoms with Gasteiger partial charge in [-0.3, -0.25) is 14.9 Å². The van der Waals surface area contributed by atoms with E-state index in [0.29, 0.717) is 6.07 Å². The molecule has 0 spiro atoms. The zero-order valence-electron chi connectivity index (χ0n) is 16.0. The fourth-order valence-corrected chi connectivity index (χ4v) is 3.25. The first-order valence-electron chi connectivity index (χ1n) is 8.46. The molecule has 2 rings (SSSR count). The molecule has 0 saturated heterocycles. The van der Waals surface area contributed by atoms with Crippen LogP contribution < -0.4 is 10.1 Å². The summed E-state index contributed by atoms with van der Waals surface area (Å²) >= 11 is 0.753. The summed E-state index contributed by atoms with van der Waals surface area (Å²) in [5.74, 6) is -2.23. The highest BCUT2D eigenvalue weighted by Gasteiger charge is 2.38. The summed E-state index contributed by atoms with van der Waals surface area (Å²) in [5, 5.41) is 23.0. The Morgan fingerprint density at radius 2 is 1.81 bits per heavy atom. The highest BCUT2D eigenvalue weighted by Crippen LogP contribution is 2.37. The van der Waals surface area contributed by atoms with Gasteiger partial charge in [0.25, 0.3) is 11.6 Å². The molecule has 0 radical (unpaired) electrons. The number of alkyl halides is 6. The number of non-ortho nitro benzene ring substituents is 1. The van der Waals surface area contributed by atoms with Crippen molar-refractivity contribution in [1.82, 2.24) is 0 Å². The summed E-state index contributed by atoms with van der Waals surface area (Å²) in [6, 6.07) is 6.33. The molecular formula is C18H14F6N2O5S. The predicted molar refractivity (Wildman–Crippen MR) is 101 cm³/mol. The number of halogens is 6. The first-order chi connectivity index (χ1) is 14.6. The van der Waals surface area contributed by atoms with Crippen molar-refractivity contribution in [2.75, 3.05) is 11.1 Å². The molecule has 0 aliphatic carbocycles. The lowest BCUT2D eigenvalue weighted by atomic mass is 10.1. The molecule has 7 nitrogen and oxygen atoms in total. The number of aliphatic hydroxyl groups is 1. The summed E-state index contributed by atoms with van der Waals surface area (Å²) in [4.78, 5) is 22.2. The average Bonchev–Trinajstić information content (AvgIpc) is 2.64. The summed E-state index contributed by atoms with van der Waals surface area (Å²) in [5.41, 5.74) is -5.39. The minimum atomic E-state index is -5.03. The van der Waals surface area contributed by atoms with Crippen molar-refractivity contribution < 1.29 is 45.9 Å².